The Bertz CT molecular complexity index is 1250. The maximum atomic E-state index is 13.8. The Hall–Kier alpha value is -2.48. The average molecular weight is 487 g/mol. The van der Waals surface area contributed by atoms with Crippen molar-refractivity contribution in [2.75, 3.05) is 5.75 Å². The number of ketones is 1. The number of carbonyl (C=O) groups is 2. The summed E-state index contributed by atoms with van der Waals surface area (Å²) in [4.78, 5) is 27.0. The van der Waals surface area contributed by atoms with Gasteiger partial charge in [0.05, 0.1) is 22.8 Å². The van der Waals surface area contributed by atoms with Crippen LogP contribution in [0.1, 0.15) is 91.9 Å². The highest BCUT2D eigenvalue weighted by atomic mass is 32.2. The van der Waals surface area contributed by atoms with Gasteiger partial charge in [-0.05, 0) is 68.2 Å². The summed E-state index contributed by atoms with van der Waals surface area (Å²) in [7, 11) is -3.41. The van der Waals surface area contributed by atoms with Gasteiger partial charge in [-0.25, -0.2) is 13.1 Å². The van der Waals surface area contributed by atoms with E-state index < -0.39 is 9.84 Å². The highest BCUT2D eigenvalue weighted by molar-refractivity contribution is 7.91. The first-order chi connectivity index (χ1) is 16.0. The van der Waals surface area contributed by atoms with Crippen LogP contribution in [0.5, 0.6) is 5.88 Å². The highest BCUT2D eigenvalue weighted by Crippen LogP contribution is 2.43. The van der Waals surface area contributed by atoms with E-state index in [4.69, 9.17) is 4.74 Å². The Balaban J connectivity index is 1.78. The molecule has 2 aromatic rings. The molecule has 0 radical (unpaired) electrons. The minimum Gasteiger partial charge on any atom is -0.407 e. The zero-order valence-corrected chi connectivity index (χ0v) is 21.5. The predicted octanol–water partition coefficient (Wildman–Crippen LogP) is 4.69. The molecule has 1 saturated carbocycles. The van der Waals surface area contributed by atoms with Crippen molar-refractivity contribution in [3.63, 3.8) is 0 Å². The third-order valence-electron chi connectivity index (χ3n) is 7.42. The van der Waals surface area contributed by atoms with Crippen LogP contribution in [0.3, 0.4) is 0 Å². The Morgan fingerprint density at radius 2 is 1.82 bits per heavy atom. The molecule has 0 atom stereocenters. The van der Waals surface area contributed by atoms with Crippen LogP contribution in [0.2, 0.25) is 0 Å². The molecule has 0 amide bonds. The fraction of sp³-hybridized carbons (Fsp3) is 0.577. The lowest BCUT2D eigenvalue weighted by atomic mass is 9.77. The monoisotopic (exact) mass is 486 g/mol. The summed E-state index contributed by atoms with van der Waals surface area (Å²) in [6, 6.07) is 1.66. The van der Waals surface area contributed by atoms with Crippen molar-refractivity contribution in [1.82, 2.24) is 9.78 Å². The molecule has 1 aromatic carbocycles. The minimum absolute atomic E-state index is 0.102. The molecule has 0 saturated heterocycles. The van der Waals surface area contributed by atoms with Gasteiger partial charge in [0.25, 0.3) is 0 Å². The highest BCUT2D eigenvalue weighted by Gasteiger charge is 2.39. The lowest BCUT2D eigenvalue weighted by Crippen LogP contribution is -2.33. The van der Waals surface area contributed by atoms with Gasteiger partial charge < -0.3 is 4.74 Å². The molecule has 1 aliphatic heterocycles. The van der Waals surface area contributed by atoms with Gasteiger partial charge in [0.15, 0.2) is 15.6 Å². The van der Waals surface area contributed by atoms with Gasteiger partial charge in [0, 0.05) is 12.1 Å². The number of ether oxygens (including phenoxy) is 1. The maximum absolute atomic E-state index is 13.8. The molecule has 2 heterocycles. The smallest absolute Gasteiger partial charge is 0.315 e. The SMILES string of the molecule is CCn1ncc(C(=O)c2cc(C)c3c(c2C)C(C)(C)CCS3(=O)=O)c1OC(=O)C1CCCCC1. The van der Waals surface area contributed by atoms with Crippen LogP contribution in [0, 0.1) is 19.8 Å². The lowest BCUT2D eigenvalue weighted by molar-refractivity contribution is -0.140. The van der Waals surface area contributed by atoms with Gasteiger partial charge in [0.1, 0.15) is 5.56 Å². The second-order valence-electron chi connectivity index (χ2n) is 10.3. The quantitative estimate of drug-likeness (QED) is 0.449. The predicted molar refractivity (Wildman–Crippen MR) is 129 cm³/mol. The molecular formula is C26H34N2O5S. The molecule has 0 spiro atoms. The van der Waals surface area contributed by atoms with Gasteiger partial charge >= 0.3 is 5.97 Å². The zero-order valence-electron chi connectivity index (χ0n) is 20.7. The molecule has 34 heavy (non-hydrogen) atoms. The van der Waals surface area contributed by atoms with Crippen LogP contribution in [-0.4, -0.2) is 35.7 Å². The van der Waals surface area contributed by atoms with Crippen LogP contribution in [0.25, 0.3) is 0 Å². The van der Waals surface area contributed by atoms with Gasteiger partial charge in [-0.2, -0.15) is 5.10 Å². The fourth-order valence-corrected chi connectivity index (χ4v) is 7.76. The third kappa shape index (κ3) is 4.21. The fourth-order valence-electron chi connectivity index (χ4n) is 5.49. The van der Waals surface area contributed by atoms with Gasteiger partial charge in [-0.3, -0.25) is 9.59 Å². The number of aryl methyl sites for hydroxylation is 2. The summed E-state index contributed by atoms with van der Waals surface area (Å²) in [5.41, 5.74) is 2.21. The summed E-state index contributed by atoms with van der Waals surface area (Å²) in [5.74, 6) is -0.506. The molecule has 2 aliphatic rings. The second kappa shape index (κ2) is 8.95. The molecule has 0 N–H and O–H groups in total. The van der Waals surface area contributed by atoms with Crippen molar-refractivity contribution in [3.8, 4) is 5.88 Å². The standard InChI is InChI=1S/C26H34N2O5S/c1-6-28-24(33-25(30)18-10-8-7-9-11-18)20(15-27-28)22(29)19-14-16(2)23-21(17(19)3)26(4,5)12-13-34(23,31)32/h14-15,18H,6-13H2,1-5H3. The molecule has 0 unspecified atom stereocenters. The van der Waals surface area contributed by atoms with Crippen molar-refractivity contribution < 1.29 is 22.7 Å². The largest absolute Gasteiger partial charge is 0.407 e. The van der Waals surface area contributed by atoms with Crippen LogP contribution in [0.4, 0.5) is 0 Å². The van der Waals surface area contributed by atoms with Crippen molar-refractivity contribution in [2.24, 2.45) is 5.92 Å². The van der Waals surface area contributed by atoms with Crippen LogP contribution in [0.15, 0.2) is 17.2 Å². The number of carbonyl (C=O) groups excluding carboxylic acids is 2. The maximum Gasteiger partial charge on any atom is 0.315 e. The number of sulfone groups is 1. The first-order valence-electron chi connectivity index (χ1n) is 12.2. The third-order valence-corrected chi connectivity index (χ3v) is 9.31. The van der Waals surface area contributed by atoms with E-state index in [0.29, 0.717) is 40.1 Å². The molecule has 4 rings (SSSR count). The summed E-state index contributed by atoms with van der Waals surface area (Å²) < 4.78 is 33.1. The van der Waals surface area contributed by atoms with E-state index in [-0.39, 0.29) is 40.3 Å². The van der Waals surface area contributed by atoms with E-state index in [1.807, 2.05) is 27.7 Å². The van der Waals surface area contributed by atoms with Crippen LogP contribution < -0.4 is 4.74 Å². The number of esters is 1. The van der Waals surface area contributed by atoms with Gasteiger partial charge in [0.2, 0.25) is 5.88 Å². The lowest BCUT2D eigenvalue weighted by Gasteiger charge is -2.35. The van der Waals surface area contributed by atoms with E-state index >= 15 is 0 Å². The topological polar surface area (TPSA) is 95.3 Å². The summed E-state index contributed by atoms with van der Waals surface area (Å²) in [6.07, 6.45) is 6.69. The molecule has 184 valence electrons. The molecule has 1 aliphatic carbocycles. The first kappa shape index (κ1) is 24.6. The summed E-state index contributed by atoms with van der Waals surface area (Å²) in [5, 5.41) is 4.29. The normalized spacial score (nSPS) is 19.4. The Morgan fingerprint density at radius 3 is 2.47 bits per heavy atom. The van der Waals surface area contributed by atoms with Crippen LogP contribution in [-0.2, 0) is 26.6 Å². The molecular weight excluding hydrogens is 452 g/mol. The minimum atomic E-state index is -3.41. The van der Waals surface area contributed by atoms with Gasteiger partial charge in [-0.15, -0.1) is 0 Å². The van der Waals surface area contributed by atoms with Crippen molar-refractivity contribution >= 4 is 21.6 Å². The summed E-state index contributed by atoms with van der Waals surface area (Å²) in [6.45, 7) is 9.93. The zero-order chi connectivity index (χ0) is 24.8. The number of aromatic nitrogens is 2. The number of benzene rings is 1. The van der Waals surface area contributed by atoms with E-state index in [9.17, 15) is 18.0 Å². The van der Waals surface area contributed by atoms with Crippen molar-refractivity contribution in [2.45, 2.75) is 90.0 Å². The number of hydrogen-bond acceptors (Lipinski definition) is 6. The van der Waals surface area contributed by atoms with Crippen molar-refractivity contribution in [3.05, 3.63) is 40.1 Å². The van der Waals surface area contributed by atoms with E-state index in [2.05, 4.69) is 5.10 Å². The van der Waals surface area contributed by atoms with Crippen LogP contribution >= 0.6 is 0 Å². The summed E-state index contributed by atoms with van der Waals surface area (Å²) >= 11 is 0. The Labute approximate surface area is 201 Å². The van der Waals surface area contributed by atoms with Gasteiger partial charge in [-0.1, -0.05) is 33.1 Å². The number of rotatable bonds is 5. The van der Waals surface area contributed by atoms with E-state index in [1.54, 1.807) is 13.0 Å². The number of hydrogen-bond donors (Lipinski definition) is 0. The Kier molecular flexibility index (Phi) is 6.48. The molecule has 1 fully saturated rings. The molecule has 0 bridgehead atoms. The number of nitrogens with zero attached hydrogens (tertiary/aromatic N) is 2. The molecule has 7 nitrogen and oxygen atoms in total. The molecule has 1 aromatic heterocycles. The molecule has 8 heteroatoms. The van der Waals surface area contributed by atoms with E-state index in [1.165, 1.54) is 10.9 Å². The second-order valence-corrected chi connectivity index (χ2v) is 12.3. The first-order valence-corrected chi connectivity index (χ1v) is 13.8. The Morgan fingerprint density at radius 1 is 1.15 bits per heavy atom. The number of fused-ring (bicyclic) bond motifs is 1. The average Bonchev–Trinajstić information content (AvgIpc) is 3.20. The van der Waals surface area contributed by atoms with E-state index in [0.717, 1.165) is 32.1 Å². The van der Waals surface area contributed by atoms with Crippen molar-refractivity contribution in [1.29, 1.82) is 0 Å².